The summed E-state index contributed by atoms with van der Waals surface area (Å²) < 4.78 is 11.7. The van der Waals surface area contributed by atoms with Crippen molar-refractivity contribution in [2.24, 2.45) is 0 Å². The number of alkyl halides is 1. The molecule has 0 spiro atoms. The highest BCUT2D eigenvalue weighted by atomic mass is 35.5. The molecule has 3 aromatic carbocycles. The SMILES string of the molecule is Cc1ccc(C(=O)N[C@@H]2C(=O)N3C(C(=O)OC(c4ccccc4)c4ccccc4)C(CCl)=CO[C@H]23)cc1. The van der Waals surface area contributed by atoms with E-state index in [9.17, 15) is 14.4 Å². The van der Waals surface area contributed by atoms with Crippen molar-refractivity contribution in [3.8, 4) is 0 Å². The van der Waals surface area contributed by atoms with Crippen LogP contribution in [0.15, 0.2) is 96.8 Å². The fourth-order valence-corrected chi connectivity index (χ4v) is 4.71. The first-order valence-electron chi connectivity index (χ1n) is 11.9. The van der Waals surface area contributed by atoms with E-state index in [1.54, 1.807) is 12.1 Å². The van der Waals surface area contributed by atoms with Crippen LogP contribution in [-0.4, -0.2) is 46.9 Å². The molecule has 3 aromatic rings. The number of amides is 2. The van der Waals surface area contributed by atoms with Crippen LogP contribution in [0.3, 0.4) is 0 Å². The van der Waals surface area contributed by atoms with Crippen molar-refractivity contribution in [3.63, 3.8) is 0 Å². The maximum atomic E-state index is 13.6. The van der Waals surface area contributed by atoms with Crippen molar-refractivity contribution >= 4 is 29.4 Å². The molecular formula is C29H25ClN2O5. The van der Waals surface area contributed by atoms with Crippen LogP contribution >= 0.6 is 11.6 Å². The van der Waals surface area contributed by atoms with E-state index in [4.69, 9.17) is 21.1 Å². The molecule has 0 radical (unpaired) electrons. The van der Waals surface area contributed by atoms with Crippen molar-refractivity contribution in [2.75, 3.05) is 5.88 Å². The number of halogens is 1. The number of carbonyl (C=O) groups is 3. The Balaban J connectivity index is 1.37. The van der Waals surface area contributed by atoms with Gasteiger partial charge in [-0.2, -0.15) is 0 Å². The van der Waals surface area contributed by atoms with E-state index in [1.807, 2.05) is 79.7 Å². The molecule has 0 aliphatic carbocycles. The highest BCUT2D eigenvalue weighted by Crippen LogP contribution is 2.35. The summed E-state index contributed by atoms with van der Waals surface area (Å²) in [7, 11) is 0. The van der Waals surface area contributed by atoms with E-state index >= 15 is 0 Å². The van der Waals surface area contributed by atoms with Crippen molar-refractivity contribution in [1.29, 1.82) is 0 Å². The third-order valence-electron chi connectivity index (χ3n) is 6.48. The lowest BCUT2D eigenvalue weighted by molar-refractivity contribution is -0.192. The summed E-state index contributed by atoms with van der Waals surface area (Å²) in [5, 5.41) is 2.72. The van der Waals surface area contributed by atoms with Crippen LogP contribution in [-0.2, 0) is 19.1 Å². The number of esters is 1. The van der Waals surface area contributed by atoms with Crippen molar-refractivity contribution in [2.45, 2.75) is 31.3 Å². The Morgan fingerprint density at radius 2 is 1.57 bits per heavy atom. The van der Waals surface area contributed by atoms with Gasteiger partial charge in [-0.25, -0.2) is 4.79 Å². The topological polar surface area (TPSA) is 84.9 Å². The summed E-state index contributed by atoms with van der Waals surface area (Å²) in [6, 6.07) is 23.8. The quantitative estimate of drug-likeness (QED) is 0.290. The molecule has 5 rings (SSSR count). The molecule has 1 fully saturated rings. The van der Waals surface area contributed by atoms with Gasteiger partial charge in [-0.15, -0.1) is 11.6 Å². The van der Waals surface area contributed by atoms with Crippen LogP contribution < -0.4 is 5.32 Å². The van der Waals surface area contributed by atoms with Crippen molar-refractivity contribution in [3.05, 3.63) is 119 Å². The fourth-order valence-electron chi connectivity index (χ4n) is 4.50. The van der Waals surface area contributed by atoms with Gasteiger partial charge < -0.3 is 14.8 Å². The van der Waals surface area contributed by atoms with E-state index in [1.165, 1.54) is 11.2 Å². The smallest absolute Gasteiger partial charge is 0.334 e. The minimum absolute atomic E-state index is 0.0298. The van der Waals surface area contributed by atoms with Gasteiger partial charge in [-0.3, -0.25) is 14.5 Å². The predicted octanol–water partition coefficient (Wildman–Crippen LogP) is 4.12. The Morgan fingerprint density at radius 3 is 2.14 bits per heavy atom. The lowest BCUT2D eigenvalue weighted by Gasteiger charge is -2.51. The number of carbonyl (C=O) groups excluding carboxylic acids is 3. The zero-order valence-electron chi connectivity index (χ0n) is 20.0. The number of nitrogens with zero attached hydrogens (tertiary/aromatic N) is 1. The molecule has 188 valence electrons. The average molecular weight is 517 g/mol. The van der Waals surface area contributed by atoms with Crippen LogP contribution in [0.2, 0.25) is 0 Å². The van der Waals surface area contributed by atoms with Gasteiger partial charge in [-0.1, -0.05) is 78.4 Å². The maximum Gasteiger partial charge on any atom is 0.334 e. The molecular weight excluding hydrogens is 492 g/mol. The predicted molar refractivity (Wildman–Crippen MR) is 138 cm³/mol. The number of aryl methyl sites for hydroxylation is 1. The Morgan fingerprint density at radius 1 is 0.973 bits per heavy atom. The molecule has 7 nitrogen and oxygen atoms in total. The Kier molecular flexibility index (Phi) is 6.97. The number of nitrogens with one attached hydrogen (secondary N) is 1. The average Bonchev–Trinajstić information content (AvgIpc) is 2.94. The van der Waals surface area contributed by atoms with Crippen LogP contribution in [0.4, 0.5) is 0 Å². The van der Waals surface area contributed by atoms with Crippen LogP contribution in [0.1, 0.15) is 33.2 Å². The molecule has 1 unspecified atom stereocenters. The van der Waals surface area contributed by atoms with Gasteiger partial charge in [0.05, 0.1) is 6.26 Å². The van der Waals surface area contributed by atoms with Gasteiger partial charge in [-0.05, 0) is 30.2 Å². The van der Waals surface area contributed by atoms with Crippen molar-refractivity contribution < 1.29 is 23.9 Å². The monoisotopic (exact) mass is 516 g/mol. The van der Waals surface area contributed by atoms with Crippen LogP contribution in [0, 0.1) is 6.92 Å². The fraction of sp³-hybridized carbons (Fsp3) is 0.207. The maximum absolute atomic E-state index is 13.6. The summed E-state index contributed by atoms with van der Waals surface area (Å²) in [5.74, 6) is -1.51. The molecule has 3 atom stereocenters. The second kappa shape index (κ2) is 10.5. The molecule has 1 N–H and O–H groups in total. The summed E-state index contributed by atoms with van der Waals surface area (Å²) in [6.07, 6.45) is -0.142. The number of benzene rings is 3. The molecule has 0 bridgehead atoms. The molecule has 0 aromatic heterocycles. The number of hydrogen-bond acceptors (Lipinski definition) is 5. The second-order valence-electron chi connectivity index (χ2n) is 8.96. The standard InChI is InChI=1S/C29H25ClN2O5/c1-18-12-14-21(15-13-18)26(33)31-23-27(34)32-24(22(16-30)17-36-28(23)32)29(35)37-25(19-8-4-2-5-9-19)20-10-6-3-7-11-20/h2-15,17,23-25,28H,16H2,1H3,(H,31,33)/t23-,24?,28-/m1/s1. The van der Waals surface area contributed by atoms with Gasteiger partial charge in [0.15, 0.2) is 18.2 Å². The van der Waals surface area contributed by atoms with E-state index in [-0.39, 0.29) is 5.88 Å². The normalized spacial score (nSPS) is 20.3. The minimum atomic E-state index is -1.06. The Hall–Kier alpha value is -4.10. The van der Waals surface area contributed by atoms with Gasteiger partial charge in [0, 0.05) is 17.0 Å². The van der Waals surface area contributed by atoms with E-state index < -0.39 is 42.2 Å². The van der Waals surface area contributed by atoms with Crippen LogP contribution in [0.5, 0.6) is 0 Å². The summed E-state index contributed by atoms with van der Waals surface area (Å²) in [5.41, 5.74) is 3.43. The first-order valence-corrected chi connectivity index (χ1v) is 12.4. The molecule has 2 aliphatic rings. The lowest BCUT2D eigenvalue weighted by Crippen LogP contribution is -2.76. The van der Waals surface area contributed by atoms with Gasteiger partial charge in [0.1, 0.15) is 0 Å². The second-order valence-corrected chi connectivity index (χ2v) is 9.22. The van der Waals surface area contributed by atoms with Gasteiger partial charge >= 0.3 is 5.97 Å². The number of β-lactam (4-membered cyclic amide) rings is 1. The molecule has 2 heterocycles. The minimum Gasteiger partial charge on any atom is -0.475 e. The molecule has 2 amide bonds. The lowest BCUT2D eigenvalue weighted by atomic mass is 9.94. The third kappa shape index (κ3) is 4.82. The first kappa shape index (κ1) is 24.6. The molecule has 1 saturated heterocycles. The van der Waals surface area contributed by atoms with Crippen molar-refractivity contribution in [1.82, 2.24) is 10.2 Å². The molecule has 37 heavy (non-hydrogen) atoms. The summed E-state index contributed by atoms with van der Waals surface area (Å²) >= 11 is 6.12. The third-order valence-corrected chi connectivity index (χ3v) is 6.79. The number of fused-ring (bicyclic) bond motifs is 1. The highest BCUT2D eigenvalue weighted by molar-refractivity contribution is 6.20. The zero-order chi connectivity index (χ0) is 25.9. The van der Waals surface area contributed by atoms with E-state index in [0.717, 1.165) is 16.7 Å². The number of ether oxygens (including phenoxy) is 2. The number of rotatable bonds is 7. The summed E-state index contributed by atoms with van der Waals surface area (Å²) in [6.45, 7) is 1.92. The highest BCUT2D eigenvalue weighted by Gasteiger charge is 2.57. The molecule has 0 saturated carbocycles. The summed E-state index contributed by atoms with van der Waals surface area (Å²) in [4.78, 5) is 40.7. The first-order chi connectivity index (χ1) is 18.0. The zero-order valence-corrected chi connectivity index (χ0v) is 20.8. The van der Waals surface area contributed by atoms with Crippen LogP contribution in [0.25, 0.3) is 0 Å². The molecule has 8 heteroatoms. The largest absolute Gasteiger partial charge is 0.475 e. The van der Waals surface area contributed by atoms with E-state index in [2.05, 4.69) is 5.32 Å². The number of hydrogen-bond donors (Lipinski definition) is 1. The van der Waals surface area contributed by atoms with E-state index in [0.29, 0.717) is 11.1 Å². The Bertz CT molecular complexity index is 1290. The van der Waals surface area contributed by atoms with Gasteiger partial charge in [0.2, 0.25) is 6.23 Å². The molecule has 2 aliphatic heterocycles. The van der Waals surface area contributed by atoms with Gasteiger partial charge in [0.25, 0.3) is 11.8 Å². The Labute approximate surface area is 219 Å².